The Morgan fingerprint density at radius 2 is 1.92 bits per heavy atom. The average molecular weight is 328 g/mol. The number of hydrogen-bond donors (Lipinski definition) is 1. The van der Waals surface area contributed by atoms with Gasteiger partial charge in [0.1, 0.15) is 17.1 Å². The molecule has 1 aromatic heterocycles. The van der Waals surface area contributed by atoms with Crippen LogP contribution in [0, 0.1) is 0 Å². The number of methoxy groups -OCH3 is 1. The minimum absolute atomic E-state index is 0.103. The first-order chi connectivity index (χ1) is 11.5. The van der Waals surface area contributed by atoms with Crippen molar-refractivity contribution in [2.45, 2.75) is 26.4 Å². The lowest BCUT2D eigenvalue weighted by molar-refractivity contribution is 0.0980. The van der Waals surface area contributed by atoms with Crippen LogP contribution in [0.5, 0.6) is 11.8 Å². The zero-order chi connectivity index (χ0) is 17.3. The standard InChI is InChI=1S/C17H20N4O3/c1-10(2)24-12-6-4-11(5-7-12)21-9-8-13-14(16(21)22)15(18)20-17(19-13)23-3/h4-7,10H,8-9H2,1-3H3,(H2,18,19,20). The fourth-order valence-electron chi connectivity index (χ4n) is 2.69. The van der Waals surface area contributed by atoms with Crippen LogP contribution < -0.4 is 20.1 Å². The molecule has 0 atom stereocenters. The number of hydrogen-bond acceptors (Lipinski definition) is 6. The monoisotopic (exact) mass is 328 g/mol. The maximum Gasteiger partial charge on any atom is 0.318 e. The van der Waals surface area contributed by atoms with Crippen molar-refractivity contribution in [3.05, 3.63) is 35.5 Å². The maximum atomic E-state index is 12.8. The van der Waals surface area contributed by atoms with E-state index in [1.807, 2.05) is 38.1 Å². The molecule has 0 saturated heterocycles. The molecule has 0 spiro atoms. The van der Waals surface area contributed by atoms with Gasteiger partial charge in [-0.05, 0) is 38.1 Å². The highest BCUT2D eigenvalue weighted by molar-refractivity contribution is 6.10. The van der Waals surface area contributed by atoms with Gasteiger partial charge in [0.15, 0.2) is 0 Å². The smallest absolute Gasteiger partial charge is 0.318 e. The van der Waals surface area contributed by atoms with E-state index in [-0.39, 0.29) is 23.8 Å². The lowest BCUT2D eigenvalue weighted by Crippen LogP contribution is -2.39. The number of fused-ring (bicyclic) bond motifs is 1. The molecule has 0 fully saturated rings. The molecule has 126 valence electrons. The van der Waals surface area contributed by atoms with Crippen molar-refractivity contribution in [1.29, 1.82) is 0 Å². The molecule has 7 nitrogen and oxygen atoms in total. The maximum absolute atomic E-state index is 12.8. The third-order valence-electron chi connectivity index (χ3n) is 3.73. The predicted octanol–water partition coefficient (Wildman–Crippen LogP) is 2.06. The molecule has 0 bridgehead atoms. The molecule has 1 aliphatic rings. The molecule has 0 unspecified atom stereocenters. The Kier molecular flexibility index (Phi) is 4.24. The summed E-state index contributed by atoms with van der Waals surface area (Å²) in [6, 6.07) is 7.61. The van der Waals surface area contributed by atoms with Gasteiger partial charge in [0, 0.05) is 18.7 Å². The Labute approximate surface area is 140 Å². The first-order valence-electron chi connectivity index (χ1n) is 7.78. The van der Waals surface area contributed by atoms with Crippen LogP contribution in [0.4, 0.5) is 11.5 Å². The minimum Gasteiger partial charge on any atom is -0.491 e. The number of nitrogens with two attached hydrogens (primary N) is 1. The van der Waals surface area contributed by atoms with E-state index in [1.165, 1.54) is 7.11 Å². The van der Waals surface area contributed by atoms with E-state index in [4.69, 9.17) is 15.2 Å². The molecular weight excluding hydrogens is 308 g/mol. The fraction of sp³-hybridized carbons (Fsp3) is 0.353. The Hall–Kier alpha value is -2.83. The van der Waals surface area contributed by atoms with Gasteiger partial charge in [0.2, 0.25) is 0 Å². The lowest BCUT2D eigenvalue weighted by Gasteiger charge is -2.28. The van der Waals surface area contributed by atoms with E-state index < -0.39 is 0 Å². The first-order valence-corrected chi connectivity index (χ1v) is 7.78. The van der Waals surface area contributed by atoms with Crippen molar-refractivity contribution in [3.8, 4) is 11.8 Å². The predicted molar refractivity (Wildman–Crippen MR) is 90.6 cm³/mol. The SMILES string of the molecule is COc1nc(N)c2c(n1)CCN(c1ccc(OC(C)C)cc1)C2=O. The number of amides is 1. The van der Waals surface area contributed by atoms with Gasteiger partial charge in [-0.3, -0.25) is 4.79 Å². The van der Waals surface area contributed by atoms with Crippen LogP contribution in [-0.4, -0.2) is 35.6 Å². The average Bonchev–Trinajstić information content (AvgIpc) is 2.55. The summed E-state index contributed by atoms with van der Waals surface area (Å²) in [5.74, 6) is 0.714. The molecule has 1 aliphatic heterocycles. The van der Waals surface area contributed by atoms with Gasteiger partial charge in [-0.1, -0.05) is 0 Å². The third-order valence-corrected chi connectivity index (χ3v) is 3.73. The summed E-state index contributed by atoms with van der Waals surface area (Å²) in [5.41, 5.74) is 7.69. The summed E-state index contributed by atoms with van der Waals surface area (Å²) in [6.07, 6.45) is 0.695. The minimum atomic E-state index is -0.200. The number of carbonyl (C=O) groups excluding carboxylic acids is 1. The second kappa shape index (κ2) is 6.35. The molecule has 3 rings (SSSR count). The number of nitrogen functional groups attached to an aromatic ring is 1. The van der Waals surface area contributed by atoms with Crippen LogP contribution in [0.3, 0.4) is 0 Å². The number of nitrogens with zero attached hydrogens (tertiary/aromatic N) is 3. The van der Waals surface area contributed by atoms with E-state index in [9.17, 15) is 4.79 Å². The molecule has 24 heavy (non-hydrogen) atoms. The van der Waals surface area contributed by atoms with Crippen molar-refractivity contribution in [2.75, 3.05) is 24.3 Å². The second-order valence-corrected chi connectivity index (χ2v) is 5.78. The van der Waals surface area contributed by atoms with Gasteiger partial charge in [-0.25, -0.2) is 0 Å². The summed E-state index contributed by atoms with van der Waals surface area (Å²) in [7, 11) is 1.47. The molecular formula is C17H20N4O3. The second-order valence-electron chi connectivity index (χ2n) is 5.78. The fourth-order valence-corrected chi connectivity index (χ4v) is 2.69. The molecule has 2 aromatic rings. The van der Waals surface area contributed by atoms with E-state index in [0.29, 0.717) is 24.2 Å². The van der Waals surface area contributed by atoms with Crippen molar-refractivity contribution in [2.24, 2.45) is 0 Å². The van der Waals surface area contributed by atoms with Gasteiger partial charge in [-0.2, -0.15) is 9.97 Å². The summed E-state index contributed by atoms with van der Waals surface area (Å²) < 4.78 is 10.6. The molecule has 0 aliphatic carbocycles. The first kappa shape index (κ1) is 16.0. The van der Waals surface area contributed by atoms with Crippen molar-refractivity contribution >= 4 is 17.4 Å². The number of anilines is 2. The number of ether oxygens (including phenoxy) is 2. The Morgan fingerprint density at radius 1 is 1.21 bits per heavy atom. The molecule has 2 N–H and O–H groups in total. The number of rotatable bonds is 4. The van der Waals surface area contributed by atoms with Crippen LogP contribution in [0.2, 0.25) is 0 Å². The highest BCUT2D eigenvalue weighted by Crippen LogP contribution is 2.28. The van der Waals surface area contributed by atoms with Crippen LogP contribution in [-0.2, 0) is 6.42 Å². The summed E-state index contributed by atoms with van der Waals surface area (Å²) in [5, 5.41) is 0. The lowest BCUT2D eigenvalue weighted by atomic mass is 10.0. The Balaban J connectivity index is 1.88. The number of benzene rings is 1. The van der Waals surface area contributed by atoms with Crippen LogP contribution in [0.25, 0.3) is 0 Å². The molecule has 1 amide bonds. The van der Waals surface area contributed by atoms with Gasteiger partial charge in [0.05, 0.1) is 18.9 Å². The van der Waals surface area contributed by atoms with Crippen LogP contribution in [0.1, 0.15) is 29.9 Å². The molecule has 1 aromatic carbocycles. The highest BCUT2D eigenvalue weighted by atomic mass is 16.5. The normalized spacial score (nSPS) is 13.8. The van der Waals surface area contributed by atoms with Crippen LogP contribution >= 0.6 is 0 Å². The molecule has 7 heteroatoms. The van der Waals surface area contributed by atoms with Gasteiger partial charge < -0.3 is 20.1 Å². The topological polar surface area (TPSA) is 90.6 Å². The molecule has 0 saturated carbocycles. The largest absolute Gasteiger partial charge is 0.491 e. The zero-order valence-electron chi connectivity index (χ0n) is 13.9. The zero-order valence-corrected chi connectivity index (χ0v) is 13.9. The van der Waals surface area contributed by atoms with Gasteiger partial charge in [0.25, 0.3) is 5.91 Å². The van der Waals surface area contributed by atoms with E-state index in [0.717, 1.165) is 11.4 Å². The van der Waals surface area contributed by atoms with E-state index >= 15 is 0 Å². The van der Waals surface area contributed by atoms with Crippen molar-refractivity contribution in [1.82, 2.24) is 9.97 Å². The molecule has 0 radical (unpaired) electrons. The summed E-state index contributed by atoms with van der Waals surface area (Å²) in [6.45, 7) is 4.46. The highest BCUT2D eigenvalue weighted by Gasteiger charge is 2.30. The summed E-state index contributed by atoms with van der Waals surface area (Å²) in [4.78, 5) is 22.7. The Morgan fingerprint density at radius 3 is 2.54 bits per heavy atom. The number of aromatic nitrogens is 2. The summed E-state index contributed by atoms with van der Waals surface area (Å²) >= 11 is 0. The van der Waals surface area contributed by atoms with E-state index in [2.05, 4.69) is 9.97 Å². The number of carbonyl (C=O) groups is 1. The van der Waals surface area contributed by atoms with Gasteiger partial charge in [-0.15, -0.1) is 0 Å². The Bertz CT molecular complexity index is 759. The van der Waals surface area contributed by atoms with E-state index in [1.54, 1.807) is 4.90 Å². The third kappa shape index (κ3) is 2.97. The van der Waals surface area contributed by atoms with Crippen LogP contribution in [0.15, 0.2) is 24.3 Å². The quantitative estimate of drug-likeness (QED) is 0.924. The van der Waals surface area contributed by atoms with Crippen molar-refractivity contribution in [3.63, 3.8) is 0 Å². The molecule has 2 heterocycles. The van der Waals surface area contributed by atoms with Crippen molar-refractivity contribution < 1.29 is 14.3 Å². The van der Waals surface area contributed by atoms with Gasteiger partial charge >= 0.3 is 6.01 Å².